The summed E-state index contributed by atoms with van der Waals surface area (Å²) in [6.07, 6.45) is 0. The first-order valence-electron chi connectivity index (χ1n) is 5.88. The molecule has 0 amide bonds. The minimum Gasteiger partial charge on any atom is -0.497 e. The lowest BCUT2D eigenvalue weighted by atomic mass is 10.1. The van der Waals surface area contributed by atoms with Crippen LogP contribution in [0.1, 0.15) is 15.5 Å². The lowest BCUT2D eigenvalue weighted by Gasteiger charge is -2.09. The lowest BCUT2D eigenvalue weighted by molar-refractivity contribution is 0.0595. The Morgan fingerprint density at radius 1 is 1.20 bits per heavy atom. The van der Waals surface area contributed by atoms with Gasteiger partial charge < -0.3 is 14.2 Å². The summed E-state index contributed by atoms with van der Waals surface area (Å²) in [5, 5.41) is 0.790. The van der Waals surface area contributed by atoms with Crippen LogP contribution in [-0.2, 0) is 4.74 Å². The van der Waals surface area contributed by atoms with Gasteiger partial charge in [0.2, 0.25) is 0 Å². The molecule has 0 radical (unpaired) electrons. The van der Waals surface area contributed by atoms with Crippen molar-refractivity contribution >= 4 is 17.3 Å². The van der Waals surface area contributed by atoms with Crippen LogP contribution in [0.2, 0.25) is 0 Å². The van der Waals surface area contributed by atoms with E-state index in [-0.39, 0.29) is 0 Å². The van der Waals surface area contributed by atoms with Crippen LogP contribution < -0.4 is 9.47 Å². The number of aromatic nitrogens is 1. The fraction of sp³-hybridized carbons (Fsp3) is 0.286. The van der Waals surface area contributed by atoms with E-state index in [1.54, 1.807) is 20.3 Å². The molecule has 106 valence electrons. The van der Waals surface area contributed by atoms with Gasteiger partial charge in [0.05, 0.1) is 31.2 Å². The number of methoxy groups -OCH3 is 3. The number of hydrogen-bond acceptors (Lipinski definition) is 6. The lowest BCUT2D eigenvalue weighted by Crippen LogP contribution is -2.03. The average molecular weight is 293 g/mol. The van der Waals surface area contributed by atoms with E-state index in [9.17, 15) is 4.79 Å². The van der Waals surface area contributed by atoms with E-state index in [0.717, 1.165) is 15.4 Å². The van der Waals surface area contributed by atoms with Crippen molar-refractivity contribution < 1.29 is 19.0 Å². The number of ether oxygens (including phenoxy) is 3. The SMILES string of the molecule is COC(=O)c1nc(C)sc1-c1ccc(OC)cc1OC. The molecule has 0 saturated heterocycles. The van der Waals surface area contributed by atoms with Crippen molar-refractivity contribution in [2.45, 2.75) is 6.92 Å². The van der Waals surface area contributed by atoms with Crippen molar-refractivity contribution in [2.75, 3.05) is 21.3 Å². The minimum absolute atomic E-state index is 0.304. The molecular formula is C14H15NO4S. The topological polar surface area (TPSA) is 57.7 Å². The molecule has 1 aromatic heterocycles. The van der Waals surface area contributed by atoms with Gasteiger partial charge in [-0.3, -0.25) is 0 Å². The van der Waals surface area contributed by atoms with Crippen molar-refractivity contribution in [3.8, 4) is 21.9 Å². The molecule has 5 nitrogen and oxygen atoms in total. The van der Waals surface area contributed by atoms with Gasteiger partial charge in [0, 0.05) is 11.6 Å². The molecular weight excluding hydrogens is 278 g/mol. The molecule has 0 aliphatic carbocycles. The first kappa shape index (κ1) is 14.3. The molecule has 0 fully saturated rings. The third kappa shape index (κ3) is 2.60. The van der Waals surface area contributed by atoms with E-state index in [4.69, 9.17) is 14.2 Å². The molecule has 0 atom stereocenters. The van der Waals surface area contributed by atoms with E-state index >= 15 is 0 Å². The number of nitrogens with zero attached hydrogens (tertiary/aromatic N) is 1. The molecule has 0 bridgehead atoms. The molecule has 2 aromatic rings. The minimum atomic E-state index is -0.456. The Balaban J connectivity index is 2.59. The van der Waals surface area contributed by atoms with Crippen LogP contribution in [0, 0.1) is 6.92 Å². The highest BCUT2D eigenvalue weighted by molar-refractivity contribution is 7.15. The van der Waals surface area contributed by atoms with E-state index in [2.05, 4.69) is 4.98 Å². The van der Waals surface area contributed by atoms with Gasteiger partial charge in [0.25, 0.3) is 0 Å². The van der Waals surface area contributed by atoms with Crippen LogP contribution >= 0.6 is 11.3 Å². The Morgan fingerprint density at radius 2 is 1.95 bits per heavy atom. The summed E-state index contributed by atoms with van der Waals surface area (Å²) in [6.45, 7) is 1.84. The first-order valence-corrected chi connectivity index (χ1v) is 6.70. The van der Waals surface area contributed by atoms with Gasteiger partial charge in [-0.15, -0.1) is 11.3 Å². The number of carbonyl (C=O) groups is 1. The fourth-order valence-corrected chi connectivity index (χ4v) is 2.77. The Morgan fingerprint density at radius 3 is 2.55 bits per heavy atom. The highest BCUT2D eigenvalue weighted by Gasteiger charge is 2.21. The summed E-state index contributed by atoms with van der Waals surface area (Å²) < 4.78 is 15.3. The number of thiazole rings is 1. The molecule has 1 aromatic carbocycles. The molecule has 20 heavy (non-hydrogen) atoms. The van der Waals surface area contributed by atoms with Crippen molar-refractivity contribution in [1.82, 2.24) is 4.98 Å². The van der Waals surface area contributed by atoms with Gasteiger partial charge in [0.15, 0.2) is 5.69 Å². The summed E-state index contributed by atoms with van der Waals surface area (Å²) in [5.41, 5.74) is 1.10. The van der Waals surface area contributed by atoms with E-state index in [1.165, 1.54) is 18.4 Å². The summed E-state index contributed by atoms with van der Waals surface area (Å²) in [7, 11) is 4.50. The summed E-state index contributed by atoms with van der Waals surface area (Å²) in [5.74, 6) is 0.854. The summed E-state index contributed by atoms with van der Waals surface area (Å²) in [4.78, 5) is 16.8. The molecule has 0 spiro atoms. The largest absolute Gasteiger partial charge is 0.497 e. The zero-order chi connectivity index (χ0) is 14.7. The zero-order valence-electron chi connectivity index (χ0n) is 11.7. The van der Waals surface area contributed by atoms with E-state index in [0.29, 0.717) is 17.2 Å². The molecule has 0 aliphatic heterocycles. The van der Waals surface area contributed by atoms with Crippen LogP contribution in [0.5, 0.6) is 11.5 Å². The van der Waals surface area contributed by atoms with Crippen LogP contribution in [0.3, 0.4) is 0 Å². The quantitative estimate of drug-likeness (QED) is 0.811. The number of hydrogen-bond donors (Lipinski definition) is 0. The molecule has 0 N–H and O–H groups in total. The van der Waals surface area contributed by atoms with Crippen molar-refractivity contribution in [3.63, 3.8) is 0 Å². The third-order valence-electron chi connectivity index (χ3n) is 2.77. The number of benzene rings is 1. The van der Waals surface area contributed by atoms with Gasteiger partial charge in [0.1, 0.15) is 11.5 Å². The second-order valence-corrected chi connectivity index (χ2v) is 5.17. The summed E-state index contributed by atoms with van der Waals surface area (Å²) >= 11 is 1.42. The molecule has 0 aliphatic rings. The molecule has 0 unspecified atom stereocenters. The number of rotatable bonds is 4. The Labute approximate surface area is 121 Å². The van der Waals surface area contributed by atoms with Crippen LogP contribution in [0.15, 0.2) is 18.2 Å². The van der Waals surface area contributed by atoms with Gasteiger partial charge in [-0.2, -0.15) is 0 Å². The van der Waals surface area contributed by atoms with Gasteiger partial charge in [-0.05, 0) is 19.1 Å². The number of esters is 1. The van der Waals surface area contributed by atoms with Gasteiger partial charge >= 0.3 is 5.97 Å². The highest BCUT2D eigenvalue weighted by atomic mass is 32.1. The van der Waals surface area contributed by atoms with Crippen LogP contribution in [0.25, 0.3) is 10.4 Å². The molecule has 0 saturated carbocycles. The predicted octanol–water partition coefficient (Wildman–Crippen LogP) is 2.92. The number of aryl methyl sites for hydroxylation is 1. The smallest absolute Gasteiger partial charge is 0.358 e. The predicted molar refractivity (Wildman–Crippen MR) is 76.7 cm³/mol. The zero-order valence-corrected chi connectivity index (χ0v) is 12.5. The average Bonchev–Trinajstić information content (AvgIpc) is 2.87. The van der Waals surface area contributed by atoms with Gasteiger partial charge in [-0.25, -0.2) is 9.78 Å². The van der Waals surface area contributed by atoms with Crippen molar-refractivity contribution in [3.05, 3.63) is 28.9 Å². The van der Waals surface area contributed by atoms with Gasteiger partial charge in [-0.1, -0.05) is 0 Å². The van der Waals surface area contributed by atoms with Crippen LogP contribution in [0.4, 0.5) is 0 Å². The molecule has 6 heteroatoms. The van der Waals surface area contributed by atoms with Crippen molar-refractivity contribution in [1.29, 1.82) is 0 Å². The normalized spacial score (nSPS) is 10.2. The third-order valence-corrected chi connectivity index (χ3v) is 3.77. The van der Waals surface area contributed by atoms with E-state index < -0.39 is 5.97 Å². The Kier molecular flexibility index (Phi) is 4.24. The van der Waals surface area contributed by atoms with Crippen molar-refractivity contribution in [2.24, 2.45) is 0 Å². The Hall–Kier alpha value is -2.08. The first-order chi connectivity index (χ1) is 9.60. The second kappa shape index (κ2) is 5.92. The maximum atomic E-state index is 11.8. The molecule has 2 rings (SSSR count). The number of carbonyl (C=O) groups excluding carboxylic acids is 1. The fourth-order valence-electron chi connectivity index (χ4n) is 1.83. The standard InChI is InChI=1S/C14H15NO4S/c1-8-15-12(14(16)19-4)13(20-8)10-6-5-9(17-2)7-11(10)18-3/h5-7H,1-4H3. The maximum absolute atomic E-state index is 11.8. The highest BCUT2D eigenvalue weighted by Crippen LogP contribution is 2.38. The maximum Gasteiger partial charge on any atom is 0.358 e. The summed E-state index contributed by atoms with van der Waals surface area (Å²) in [6, 6.07) is 5.43. The monoisotopic (exact) mass is 293 g/mol. The van der Waals surface area contributed by atoms with Crippen LogP contribution in [-0.4, -0.2) is 32.3 Å². The molecule has 1 heterocycles. The Bertz CT molecular complexity index is 636. The second-order valence-electron chi connectivity index (χ2n) is 3.97. The van der Waals surface area contributed by atoms with E-state index in [1.807, 2.05) is 19.1 Å².